The zero-order valence-electron chi connectivity index (χ0n) is 10.2. The van der Waals surface area contributed by atoms with Crippen molar-refractivity contribution in [1.29, 1.82) is 0 Å². The Morgan fingerprint density at radius 2 is 2.10 bits per heavy atom. The molecule has 0 saturated carbocycles. The van der Waals surface area contributed by atoms with Crippen LogP contribution >= 0.6 is 11.3 Å². The predicted octanol–water partition coefficient (Wildman–Crippen LogP) is 1.52. The van der Waals surface area contributed by atoms with Crippen molar-refractivity contribution < 1.29 is 9.21 Å². The molecule has 3 aromatic rings. The Balaban J connectivity index is 1.81. The SMILES string of the molecule is O=C(NCc1cscn1)c1nccnc1-c1ncco1. The second-order valence-electron chi connectivity index (χ2n) is 3.75. The van der Waals surface area contributed by atoms with Gasteiger partial charge in [0.1, 0.15) is 6.26 Å². The Labute approximate surface area is 117 Å². The molecule has 1 N–H and O–H groups in total. The number of nitrogens with zero attached hydrogens (tertiary/aromatic N) is 4. The van der Waals surface area contributed by atoms with E-state index < -0.39 is 0 Å². The average molecular weight is 287 g/mol. The summed E-state index contributed by atoms with van der Waals surface area (Å²) in [5.41, 5.74) is 2.99. The van der Waals surface area contributed by atoms with Crippen molar-refractivity contribution in [2.24, 2.45) is 0 Å². The van der Waals surface area contributed by atoms with Gasteiger partial charge in [0.2, 0.25) is 5.89 Å². The highest BCUT2D eigenvalue weighted by Crippen LogP contribution is 2.17. The first-order valence-corrected chi connectivity index (χ1v) is 6.65. The van der Waals surface area contributed by atoms with Gasteiger partial charge in [0, 0.05) is 17.8 Å². The van der Waals surface area contributed by atoms with Crippen LogP contribution in [0.5, 0.6) is 0 Å². The maximum absolute atomic E-state index is 12.1. The molecule has 3 aromatic heterocycles. The van der Waals surface area contributed by atoms with Gasteiger partial charge in [-0.2, -0.15) is 0 Å². The van der Waals surface area contributed by atoms with Gasteiger partial charge in [-0.25, -0.2) is 19.9 Å². The van der Waals surface area contributed by atoms with Gasteiger partial charge >= 0.3 is 0 Å². The van der Waals surface area contributed by atoms with Crippen LogP contribution in [0.25, 0.3) is 11.6 Å². The molecule has 7 nitrogen and oxygen atoms in total. The van der Waals surface area contributed by atoms with E-state index in [0.717, 1.165) is 5.69 Å². The number of aromatic nitrogens is 4. The molecule has 0 spiro atoms. The van der Waals surface area contributed by atoms with Crippen molar-refractivity contribution in [3.8, 4) is 11.6 Å². The van der Waals surface area contributed by atoms with Crippen LogP contribution in [0.1, 0.15) is 16.2 Å². The molecule has 100 valence electrons. The smallest absolute Gasteiger partial charge is 0.272 e. The Morgan fingerprint density at radius 3 is 2.85 bits per heavy atom. The molecule has 3 rings (SSSR count). The Morgan fingerprint density at radius 1 is 1.20 bits per heavy atom. The van der Waals surface area contributed by atoms with Gasteiger partial charge in [-0.3, -0.25) is 4.79 Å². The van der Waals surface area contributed by atoms with E-state index >= 15 is 0 Å². The predicted molar refractivity (Wildman–Crippen MR) is 70.8 cm³/mol. The first kappa shape index (κ1) is 12.4. The van der Waals surface area contributed by atoms with Crippen LogP contribution in [0.2, 0.25) is 0 Å². The Kier molecular flexibility index (Phi) is 3.46. The van der Waals surface area contributed by atoms with Gasteiger partial charge in [-0.05, 0) is 0 Å². The Hall–Kier alpha value is -2.61. The van der Waals surface area contributed by atoms with Crippen molar-refractivity contribution in [3.63, 3.8) is 0 Å². The lowest BCUT2D eigenvalue weighted by molar-refractivity contribution is 0.0945. The van der Waals surface area contributed by atoms with Gasteiger partial charge in [0.15, 0.2) is 11.4 Å². The van der Waals surface area contributed by atoms with Gasteiger partial charge in [0.05, 0.1) is 23.9 Å². The maximum atomic E-state index is 12.1. The minimum atomic E-state index is -0.348. The lowest BCUT2D eigenvalue weighted by Gasteiger charge is -2.05. The summed E-state index contributed by atoms with van der Waals surface area (Å²) in [4.78, 5) is 28.4. The van der Waals surface area contributed by atoms with Crippen LogP contribution in [-0.4, -0.2) is 25.8 Å². The zero-order valence-corrected chi connectivity index (χ0v) is 11.0. The molecule has 0 aliphatic carbocycles. The van der Waals surface area contributed by atoms with Crippen molar-refractivity contribution in [1.82, 2.24) is 25.3 Å². The molecule has 1 amide bonds. The monoisotopic (exact) mass is 287 g/mol. The molecule has 0 saturated heterocycles. The van der Waals surface area contributed by atoms with Gasteiger partial charge in [0.25, 0.3) is 5.91 Å². The van der Waals surface area contributed by atoms with E-state index in [-0.39, 0.29) is 17.5 Å². The Bertz CT molecular complexity index is 696. The largest absolute Gasteiger partial charge is 0.443 e. The van der Waals surface area contributed by atoms with E-state index in [2.05, 4.69) is 25.3 Å². The number of thiazole rings is 1. The van der Waals surface area contributed by atoms with Crippen LogP contribution in [0.4, 0.5) is 0 Å². The molecular weight excluding hydrogens is 278 g/mol. The molecule has 0 aliphatic heterocycles. The third-order valence-corrected chi connectivity index (χ3v) is 3.10. The lowest BCUT2D eigenvalue weighted by atomic mass is 10.2. The number of hydrogen-bond acceptors (Lipinski definition) is 7. The van der Waals surface area contributed by atoms with E-state index in [1.54, 1.807) is 5.51 Å². The van der Waals surface area contributed by atoms with Gasteiger partial charge in [-0.1, -0.05) is 0 Å². The van der Waals surface area contributed by atoms with Crippen molar-refractivity contribution >= 4 is 17.2 Å². The molecule has 0 aromatic carbocycles. The molecule has 0 unspecified atom stereocenters. The fourth-order valence-corrected chi connectivity index (χ4v) is 2.14. The number of rotatable bonds is 4. The van der Waals surface area contributed by atoms with Crippen LogP contribution in [0.3, 0.4) is 0 Å². The number of nitrogens with one attached hydrogen (secondary N) is 1. The molecule has 0 aliphatic rings. The minimum absolute atomic E-state index is 0.171. The van der Waals surface area contributed by atoms with Gasteiger partial charge in [-0.15, -0.1) is 11.3 Å². The summed E-state index contributed by atoms with van der Waals surface area (Å²) in [7, 11) is 0. The summed E-state index contributed by atoms with van der Waals surface area (Å²) in [5.74, 6) is -0.0868. The first-order chi connectivity index (χ1) is 9.84. The van der Waals surface area contributed by atoms with E-state index in [9.17, 15) is 4.79 Å². The second-order valence-corrected chi connectivity index (χ2v) is 4.47. The molecule has 0 fully saturated rings. The van der Waals surface area contributed by atoms with E-state index in [1.165, 1.54) is 36.2 Å². The highest BCUT2D eigenvalue weighted by atomic mass is 32.1. The third-order valence-electron chi connectivity index (χ3n) is 2.46. The fourth-order valence-electron chi connectivity index (χ4n) is 1.58. The molecule has 0 bridgehead atoms. The third kappa shape index (κ3) is 2.54. The standard InChI is InChI=1S/C12H9N5O2S/c18-11(16-5-8-6-20-7-17-8)9-10(14-2-1-13-9)12-15-3-4-19-12/h1-4,6-7H,5H2,(H,16,18). The summed E-state index contributed by atoms with van der Waals surface area (Å²) in [6, 6.07) is 0. The topological polar surface area (TPSA) is 93.8 Å². The number of amides is 1. The molecule has 20 heavy (non-hydrogen) atoms. The molecular formula is C12H9N5O2S. The summed E-state index contributed by atoms with van der Waals surface area (Å²) < 4.78 is 5.16. The minimum Gasteiger partial charge on any atom is -0.443 e. The van der Waals surface area contributed by atoms with Crippen molar-refractivity contribution in [2.75, 3.05) is 0 Å². The van der Waals surface area contributed by atoms with Gasteiger partial charge < -0.3 is 9.73 Å². The van der Waals surface area contributed by atoms with Crippen LogP contribution in [0, 0.1) is 0 Å². The average Bonchev–Trinajstić information content (AvgIpc) is 3.18. The lowest BCUT2D eigenvalue weighted by Crippen LogP contribution is -2.25. The second kappa shape index (κ2) is 5.57. The summed E-state index contributed by atoms with van der Waals surface area (Å²) >= 11 is 1.47. The quantitative estimate of drug-likeness (QED) is 0.781. The molecule has 0 atom stereocenters. The number of carbonyl (C=O) groups is 1. The molecule has 0 radical (unpaired) electrons. The maximum Gasteiger partial charge on any atom is 0.272 e. The summed E-state index contributed by atoms with van der Waals surface area (Å²) in [6.07, 6.45) is 5.84. The highest BCUT2D eigenvalue weighted by Gasteiger charge is 2.18. The normalized spacial score (nSPS) is 10.4. The number of carbonyl (C=O) groups excluding carboxylic acids is 1. The van der Waals surface area contributed by atoms with Crippen LogP contribution in [0.15, 0.2) is 40.2 Å². The number of oxazole rings is 1. The van der Waals surface area contributed by atoms with E-state index in [1.807, 2.05) is 5.38 Å². The van der Waals surface area contributed by atoms with Crippen molar-refractivity contribution in [2.45, 2.75) is 6.54 Å². The van der Waals surface area contributed by atoms with Crippen LogP contribution < -0.4 is 5.32 Å². The molecule has 3 heterocycles. The van der Waals surface area contributed by atoms with E-state index in [0.29, 0.717) is 12.2 Å². The highest BCUT2D eigenvalue weighted by molar-refractivity contribution is 7.07. The number of hydrogen-bond donors (Lipinski definition) is 1. The summed E-state index contributed by atoms with van der Waals surface area (Å²) in [6.45, 7) is 0.337. The fraction of sp³-hybridized carbons (Fsp3) is 0.0833. The van der Waals surface area contributed by atoms with Crippen LogP contribution in [-0.2, 0) is 6.54 Å². The zero-order chi connectivity index (χ0) is 13.8. The summed E-state index contributed by atoms with van der Waals surface area (Å²) in [5, 5.41) is 4.60. The van der Waals surface area contributed by atoms with Crippen molar-refractivity contribution in [3.05, 3.63) is 47.1 Å². The molecule has 8 heteroatoms. The van der Waals surface area contributed by atoms with E-state index in [4.69, 9.17) is 4.42 Å². The first-order valence-electron chi connectivity index (χ1n) is 5.71.